The molecule has 18 heavy (non-hydrogen) atoms. The zero-order chi connectivity index (χ0) is 13.1. The van der Waals surface area contributed by atoms with E-state index in [1.165, 1.54) is 23.4 Å². The Bertz CT molecular complexity index is 445. The Balaban J connectivity index is 2.31. The average Bonchev–Trinajstić information content (AvgIpc) is 2.38. The molecule has 1 aromatic rings. The monoisotopic (exact) mass is 280 g/mol. The third kappa shape index (κ3) is 2.98. The van der Waals surface area contributed by atoms with E-state index in [0.717, 1.165) is 23.9 Å². The Hall–Kier alpha value is -0.740. The van der Waals surface area contributed by atoms with E-state index in [4.69, 9.17) is 18.0 Å². The summed E-state index contributed by atoms with van der Waals surface area (Å²) >= 11 is 7.24. The summed E-state index contributed by atoms with van der Waals surface area (Å²) in [7, 11) is 0. The number of hydrogen-bond donors (Lipinski definition) is 1. The van der Waals surface area contributed by atoms with Crippen LogP contribution in [0, 0.1) is 6.92 Å². The number of aryl methyl sites for hydroxylation is 1. The lowest BCUT2D eigenvalue weighted by molar-refractivity contribution is 0.727. The maximum Gasteiger partial charge on any atom is 0.106 e. The quantitative estimate of drug-likeness (QED) is 0.862. The van der Waals surface area contributed by atoms with E-state index in [-0.39, 0.29) is 0 Å². The van der Waals surface area contributed by atoms with Crippen LogP contribution in [-0.4, -0.2) is 29.1 Å². The Labute approximate surface area is 119 Å². The van der Waals surface area contributed by atoms with Gasteiger partial charge in [0, 0.05) is 35.3 Å². The zero-order valence-corrected chi connectivity index (χ0v) is 12.6. The van der Waals surface area contributed by atoms with Crippen molar-refractivity contribution in [2.24, 2.45) is 5.73 Å². The van der Waals surface area contributed by atoms with E-state index in [1.807, 2.05) is 0 Å². The molecule has 0 spiro atoms. The fraction of sp³-hybridized carbons (Fsp3) is 0.500. The first-order chi connectivity index (χ1) is 8.61. The van der Waals surface area contributed by atoms with Gasteiger partial charge in [-0.15, -0.1) is 0 Å². The third-order valence-corrected chi connectivity index (χ3v) is 4.95. The molecule has 1 atom stereocenters. The third-order valence-electron chi connectivity index (χ3n) is 3.35. The van der Waals surface area contributed by atoms with E-state index in [9.17, 15) is 0 Å². The maximum atomic E-state index is 5.84. The van der Waals surface area contributed by atoms with Crippen molar-refractivity contribution in [3.8, 4) is 0 Å². The highest BCUT2D eigenvalue weighted by Crippen LogP contribution is 2.29. The molecule has 2 nitrogen and oxygen atoms in total. The Kier molecular flexibility index (Phi) is 4.51. The number of rotatable bonds is 3. The molecule has 1 saturated heterocycles. The van der Waals surface area contributed by atoms with Crippen LogP contribution in [0.25, 0.3) is 0 Å². The van der Waals surface area contributed by atoms with Crippen LogP contribution in [0.3, 0.4) is 0 Å². The van der Waals surface area contributed by atoms with Crippen molar-refractivity contribution in [1.29, 1.82) is 0 Å². The van der Waals surface area contributed by atoms with Crippen molar-refractivity contribution in [3.05, 3.63) is 29.3 Å². The molecule has 2 rings (SSSR count). The van der Waals surface area contributed by atoms with Gasteiger partial charge in [-0.05, 0) is 31.0 Å². The second-order valence-corrected chi connectivity index (χ2v) is 6.58. The van der Waals surface area contributed by atoms with Crippen molar-refractivity contribution in [3.63, 3.8) is 0 Å². The van der Waals surface area contributed by atoms with Crippen molar-refractivity contribution >= 4 is 34.7 Å². The second kappa shape index (κ2) is 5.93. The Morgan fingerprint density at radius 1 is 1.56 bits per heavy atom. The highest BCUT2D eigenvalue weighted by Gasteiger charge is 2.21. The molecule has 4 heteroatoms. The van der Waals surface area contributed by atoms with Crippen molar-refractivity contribution in [1.82, 2.24) is 0 Å². The van der Waals surface area contributed by atoms with Crippen molar-refractivity contribution in [2.75, 3.05) is 23.7 Å². The van der Waals surface area contributed by atoms with Gasteiger partial charge in [0.1, 0.15) is 4.99 Å². The van der Waals surface area contributed by atoms with Gasteiger partial charge < -0.3 is 10.6 Å². The summed E-state index contributed by atoms with van der Waals surface area (Å²) in [6.07, 6.45) is 1.22. The molecule has 0 radical (unpaired) electrons. The molecule has 1 aliphatic rings. The molecule has 2 N–H and O–H groups in total. The molecule has 1 fully saturated rings. The van der Waals surface area contributed by atoms with E-state index in [1.54, 1.807) is 0 Å². The molecule has 0 aliphatic carbocycles. The van der Waals surface area contributed by atoms with Crippen LogP contribution in [0.1, 0.15) is 24.5 Å². The van der Waals surface area contributed by atoms with Gasteiger partial charge in [-0.25, -0.2) is 0 Å². The molecule has 0 saturated carbocycles. The van der Waals surface area contributed by atoms with Crippen LogP contribution >= 0.6 is 24.0 Å². The van der Waals surface area contributed by atoms with Crippen LogP contribution in [-0.2, 0) is 0 Å². The summed E-state index contributed by atoms with van der Waals surface area (Å²) in [5.41, 5.74) is 9.32. The molecule has 0 bridgehead atoms. The fourth-order valence-corrected chi connectivity index (χ4v) is 3.65. The molecule has 1 aromatic carbocycles. The zero-order valence-electron chi connectivity index (χ0n) is 11.0. The van der Waals surface area contributed by atoms with E-state index in [0.29, 0.717) is 4.99 Å². The van der Waals surface area contributed by atoms with Gasteiger partial charge in [0.05, 0.1) is 0 Å². The average molecular weight is 280 g/mol. The van der Waals surface area contributed by atoms with Gasteiger partial charge >= 0.3 is 0 Å². The molecular weight excluding hydrogens is 260 g/mol. The first-order valence-corrected chi connectivity index (χ1v) is 7.84. The number of nitrogens with zero attached hydrogens (tertiary/aromatic N) is 1. The Morgan fingerprint density at radius 3 is 3.00 bits per heavy atom. The van der Waals surface area contributed by atoms with Crippen LogP contribution in [0.4, 0.5) is 5.69 Å². The summed E-state index contributed by atoms with van der Waals surface area (Å²) in [6, 6.07) is 6.33. The highest BCUT2D eigenvalue weighted by molar-refractivity contribution is 8.00. The lowest BCUT2D eigenvalue weighted by Gasteiger charge is -2.35. The first kappa shape index (κ1) is 13.7. The van der Waals surface area contributed by atoms with Crippen LogP contribution in [0.2, 0.25) is 0 Å². The maximum absolute atomic E-state index is 5.84. The topological polar surface area (TPSA) is 29.3 Å². The van der Waals surface area contributed by atoms with Gasteiger partial charge in [0.2, 0.25) is 0 Å². The number of nitrogens with two attached hydrogens (primary N) is 1. The number of thiocarbonyl (C=S) groups is 1. The lowest BCUT2D eigenvalue weighted by atomic mass is 10.1. The predicted molar refractivity (Wildman–Crippen MR) is 85.8 cm³/mol. The van der Waals surface area contributed by atoms with Gasteiger partial charge in [0.25, 0.3) is 0 Å². The lowest BCUT2D eigenvalue weighted by Crippen LogP contribution is -2.38. The fourth-order valence-electron chi connectivity index (χ4n) is 2.30. The predicted octanol–water partition coefficient (Wildman–Crippen LogP) is 2.96. The molecule has 98 valence electrons. The van der Waals surface area contributed by atoms with E-state index >= 15 is 0 Å². The molecule has 0 aromatic heterocycles. The van der Waals surface area contributed by atoms with Crippen LogP contribution in [0.15, 0.2) is 18.2 Å². The van der Waals surface area contributed by atoms with Crippen LogP contribution < -0.4 is 10.6 Å². The van der Waals surface area contributed by atoms with Gasteiger partial charge in [-0.2, -0.15) is 11.8 Å². The largest absolute Gasteiger partial charge is 0.389 e. The number of hydrogen-bond acceptors (Lipinski definition) is 3. The summed E-state index contributed by atoms with van der Waals surface area (Å²) in [5, 5.41) is 0.721. The number of anilines is 1. The Morgan fingerprint density at radius 2 is 2.33 bits per heavy atom. The molecule has 1 unspecified atom stereocenters. The van der Waals surface area contributed by atoms with E-state index < -0.39 is 0 Å². The van der Waals surface area contributed by atoms with Gasteiger partial charge in [-0.3, -0.25) is 0 Å². The summed E-state index contributed by atoms with van der Waals surface area (Å²) < 4.78 is 0. The standard InChI is InChI=1S/C14H20N2S2/c1-3-11-9-16(6-7-18-11)13-8-10(2)4-5-12(13)14(15)17/h4-5,8,11H,3,6-7,9H2,1-2H3,(H2,15,17). The SMILES string of the molecule is CCC1CN(c2cc(C)ccc2C(N)=S)CCS1. The first-order valence-electron chi connectivity index (χ1n) is 6.38. The minimum Gasteiger partial charge on any atom is -0.389 e. The summed E-state index contributed by atoms with van der Waals surface area (Å²) in [4.78, 5) is 2.93. The number of benzene rings is 1. The van der Waals surface area contributed by atoms with Crippen LogP contribution in [0.5, 0.6) is 0 Å². The minimum absolute atomic E-state index is 0.497. The smallest absolute Gasteiger partial charge is 0.106 e. The van der Waals surface area contributed by atoms with E-state index in [2.05, 4.69) is 48.7 Å². The summed E-state index contributed by atoms with van der Waals surface area (Å²) in [6.45, 7) is 6.55. The van der Waals surface area contributed by atoms with Gasteiger partial charge in [-0.1, -0.05) is 25.2 Å². The summed E-state index contributed by atoms with van der Waals surface area (Å²) in [5.74, 6) is 1.18. The molecular formula is C14H20N2S2. The van der Waals surface area contributed by atoms with Crippen molar-refractivity contribution in [2.45, 2.75) is 25.5 Å². The highest BCUT2D eigenvalue weighted by atomic mass is 32.2. The van der Waals surface area contributed by atoms with Gasteiger partial charge in [0.15, 0.2) is 0 Å². The van der Waals surface area contributed by atoms with Crippen molar-refractivity contribution < 1.29 is 0 Å². The number of thioether (sulfide) groups is 1. The molecule has 0 amide bonds. The minimum atomic E-state index is 0.497. The molecule has 1 aliphatic heterocycles. The normalized spacial score (nSPS) is 19.9. The second-order valence-electron chi connectivity index (χ2n) is 4.73. The molecule has 1 heterocycles.